The van der Waals surface area contributed by atoms with Crippen LogP contribution in [0.5, 0.6) is 0 Å². The van der Waals surface area contributed by atoms with Gasteiger partial charge in [0.25, 0.3) is 5.91 Å². The lowest BCUT2D eigenvalue weighted by molar-refractivity contribution is -0.268. The molecule has 1 saturated heterocycles. The van der Waals surface area contributed by atoms with E-state index in [0.717, 1.165) is 26.2 Å². The number of nitrogens with one attached hydrogen (secondary N) is 2. The second-order valence-corrected chi connectivity index (χ2v) is 7.48. The molecule has 11 heteroatoms. The molecule has 162 valence electrons. The number of alkyl halides is 2. The van der Waals surface area contributed by atoms with Gasteiger partial charge < -0.3 is 36.4 Å². The summed E-state index contributed by atoms with van der Waals surface area (Å²) in [7, 11) is 0. The smallest absolute Gasteiger partial charge is 0.321 e. The van der Waals surface area contributed by atoms with Crippen LogP contribution in [-0.2, 0) is 14.3 Å². The number of nitrogens with two attached hydrogens (primary N) is 1. The van der Waals surface area contributed by atoms with Gasteiger partial charge in [-0.05, 0) is 12.8 Å². The van der Waals surface area contributed by atoms with Crippen molar-refractivity contribution in [2.45, 2.75) is 87.5 Å². The molecule has 1 aliphatic carbocycles. The molecule has 0 aromatic carbocycles. The summed E-state index contributed by atoms with van der Waals surface area (Å²) in [5, 5.41) is 33.6. The number of rotatable bonds is 6. The molecule has 7 N–H and O–H groups in total. The first-order chi connectivity index (χ1) is 13.1. The number of carbonyl (C=O) groups is 2. The van der Waals surface area contributed by atoms with E-state index in [1.165, 1.54) is 0 Å². The predicted molar refractivity (Wildman–Crippen MR) is 93.3 cm³/mol. The molecule has 1 heterocycles. The van der Waals surface area contributed by atoms with E-state index in [1.807, 2.05) is 0 Å². The number of aliphatic hydroxyl groups is 3. The van der Waals surface area contributed by atoms with Crippen LogP contribution in [0.3, 0.4) is 0 Å². The van der Waals surface area contributed by atoms with Gasteiger partial charge in [-0.1, -0.05) is 19.3 Å². The van der Waals surface area contributed by atoms with Crippen molar-refractivity contribution in [1.82, 2.24) is 10.6 Å². The van der Waals surface area contributed by atoms with Crippen molar-refractivity contribution in [3.63, 3.8) is 0 Å². The summed E-state index contributed by atoms with van der Waals surface area (Å²) in [6.07, 6.45) is -4.20. The molecular weight excluding hydrogens is 380 g/mol. The van der Waals surface area contributed by atoms with Crippen LogP contribution in [0.15, 0.2) is 0 Å². The second kappa shape index (κ2) is 9.40. The van der Waals surface area contributed by atoms with Crippen molar-refractivity contribution >= 4 is 11.8 Å². The van der Waals surface area contributed by atoms with E-state index in [2.05, 4.69) is 10.6 Å². The molecule has 0 bridgehead atoms. The van der Waals surface area contributed by atoms with Crippen LogP contribution in [0.4, 0.5) is 8.78 Å². The number of halogens is 2. The minimum Gasteiger partial charge on any atom is -0.394 e. The van der Waals surface area contributed by atoms with Crippen LogP contribution in [0, 0.1) is 0 Å². The summed E-state index contributed by atoms with van der Waals surface area (Å²) < 4.78 is 35.2. The number of ether oxygens (including phenoxy) is 1. The van der Waals surface area contributed by atoms with Crippen LogP contribution in [0.1, 0.15) is 39.0 Å². The molecule has 0 radical (unpaired) electrons. The minimum atomic E-state index is -3.52. The summed E-state index contributed by atoms with van der Waals surface area (Å²) in [5.41, 5.74) is 5.74. The van der Waals surface area contributed by atoms with Crippen LogP contribution in [-0.4, -0.2) is 82.2 Å². The fourth-order valence-corrected chi connectivity index (χ4v) is 3.72. The second-order valence-electron chi connectivity index (χ2n) is 7.48. The maximum Gasteiger partial charge on any atom is 0.321 e. The third-order valence-electron chi connectivity index (χ3n) is 5.31. The van der Waals surface area contributed by atoms with Crippen LogP contribution in [0.2, 0.25) is 0 Å². The summed E-state index contributed by atoms with van der Waals surface area (Å²) in [5.74, 6) is -5.55. The van der Waals surface area contributed by atoms with Gasteiger partial charge in [-0.25, -0.2) is 4.39 Å². The first-order valence-corrected chi connectivity index (χ1v) is 9.43. The summed E-state index contributed by atoms with van der Waals surface area (Å²) in [6, 6.07) is -3.51. The first-order valence-electron chi connectivity index (χ1n) is 9.43. The first kappa shape index (κ1) is 22.9. The van der Waals surface area contributed by atoms with Gasteiger partial charge in [0.1, 0.15) is 18.3 Å². The monoisotopic (exact) mass is 409 g/mol. The van der Waals surface area contributed by atoms with E-state index < -0.39 is 60.8 Å². The molecule has 2 fully saturated rings. The highest BCUT2D eigenvalue weighted by molar-refractivity contribution is 5.85. The fourth-order valence-electron chi connectivity index (χ4n) is 3.72. The van der Waals surface area contributed by atoms with Gasteiger partial charge in [-0.3, -0.25) is 9.59 Å². The Hall–Kier alpha value is -1.40. The fraction of sp³-hybridized carbons (Fsp3) is 0.882. The average molecular weight is 409 g/mol. The van der Waals surface area contributed by atoms with Crippen LogP contribution < -0.4 is 16.4 Å². The van der Waals surface area contributed by atoms with Crippen molar-refractivity contribution in [3.05, 3.63) is 0 Å². The van der Waals surface area contributed by atoms with Crippen molar-refractivity contribution in [3.8, 4) is 0 Å². The molecule has 1 saturated carbocycles. The van der Waals surface area contributed by atoms with E-state index in [4.69, 9.17) is 15.6 Å². The van der Waals surface area contributed by atoms with Crippen LogP contribution in [0.25, 0.3) is 0 Å². The van der Waals surface area contributed by atoms with Crippen LogP contribution >= 0.6 is 0 Å². The lowest BCUT2D eigenvalue weighted by Gasteiger charge is -2.47. The largest absolute Gasteiger partial charge is 0.394 e. The molecule has 1 aliphatic heterocycles. The van der Waals surface area contributed by atoms with Gasteiger partial charge in [-0.2, -0.15) is 4.39 Å². The molecule has 2 aliphatic rings. The number of hydrogen-bond donors (Lipinski definition) is 6. The lowest BCUT2D eigenvalue weighted by atomic mass is 9.86. The molecule has 2 rings (SSSR count). The Kier molecular flexibility index (Phi) is 7.68. The van der Waals surface area contributed by atoms with E-state index in [-0.39, 0.29) is 6.04 Å². The van der Waals surface area contributed by atoms with Crippen molar-refractivity contribution in [2.75, 3.05) is 6.61 Å². The summed E-state index contributed by atoms with van der Waals surface area (Å²) in [6.45, 7) is 0.189. The van der Waals surface area contributed by atoms with E-state index >= 15 is 4.39 Å². The quantitative estimate of drug-likeness (QED) is 0.308. The Bertz CT molecular complexity index is 565. The molecule has 0 aromatic rings. The number of aliphatic hydroxyl groups excluding tert-OH is 3. The SMILES string of the molecule is CC(=O)N[C@@H]1[C@@H](N)[C@@H](F)[C@](F)(C(=O)NC2CCCCC2)O[C@H]1[C@H](O)[C@H](O)CO. The third kappa shape index (κ3) is 4.77. The highest BCUT2D eigenvalue weighted by Crippen LogP contribution is 2.35. The topological polar surface area (TPSA) is 154 Å². The van der Waals surface area contributed by atoms with Gasteiger partial charge in [0.15, 0.2) is 6.17 Å². The summed E-state index contributed by atoms with van der Waals surface area (Å²) in [4.78, 5) is 23.9. The zero-order chi connectivity index (χ0) is 21.1. The normalized spacial score (nSPS) is 36.4. The number of amides is 2. The third-order valence-corrected chi connectivity index (χ3v) is 5.31. The summed E-state index contributed by atoms with van der Waals surface area (Å²) >= 11 is 0. The van der Waals surface area contributed by atoms with Crippen molar-refractivity contribution in [2.24, 2.45) is 5.73 Å². The molecule has 7 atom stereocenters. The lowest BCUT2D eigenvalue weighted by Crippen LogP contribution is -2.74. The average Bonchev–Trinajstić information content (AvgIpc) is 2.67. The number of carbonyl (C=O) groups excluding carboxylic acids is 2. The highest BCUT2D eigenvalue weighted by Gasteiger charge is 2.61. The minimum absolute atomic E-state index is 0.333. The Balaban J connectivity index is 2.26. The molecule has 0 aromatic heterocycles. The molecule has 9 nitrogen and oxygen atoms in total. The predicted octanol–water partition coefficient (Wildman–Crippen LogP) is -1.62. The number of hydrogen-bond acceptors (Lipinski definition) is 7. The van der Waals surface area contributed by atoms with E-state index in [1.54, 1.807) is 0 Å². The van der Waals surface area contributed by atoms with Crippen molar-refractivity contribution < 1.29 is 38.4 Å². The molecule has 0 unspecified atom stereocenters. The molecule has 28 heavy (non-hydrogen) atoms. The Morgan fingerprint density at radius 3 is 2.39 bits per heavy atom. The van der Waals surface area contributed by atoms with E-state index in [0.29, 0.717) is 12.8 Å². The maximum atomic E-state index is 15.4. The Morgan fingerprint density at radius 2 is 1.86 bits per heavy atom. The van der Waals surface area contributed by atoms with Gasteiger partial charge >= 0.3 is 5.85 Å². The highest BCUT2D eigenvalue weighted by atomic mass is 19.2. The van der Waals surface area contributed by atoms with E-state index in [9.17, 15) is 24.2 Å². The van der Waals surface area contributed by atoms with Gasteiger partial charge in [0, 0.05) is 13.0 Å². The van der Waals surface area contributed by atoms with Gasteiger partial charge in [-0.15, -0.1) is 0 Å². The maximum absolute atomic E-state index is 15.4. The molecule has 2 amide bonds. The zero-order valence-corrected chi connectivity index (χ0v) is 15.7. The molecule has 0 spiro atoms. The standard InChI is InChI=1S/C17H29F2N3O6/c1-8(24)21-12-11(20)15(18)17(19,28-14(12)13(26)10(25)7-23)16(27)22-9-5-3-2-4-6-9/h9-15,23,25-26H,2-7,20H2,1H3,(H,21,24)(H,22,27)/t10-,11-,12-,13-,14-,15-,17-/m1/s1. The Morgan fingerprint density at radius 1 is 1.25 bits per heavy atom. The van der Waals surface area contributed by atoms with Gasteiger partial charge in [0.2, 0.25) is 5.91 Å². The Labute approximate surface area is 161 Å². The van der Waals surface area contributed by atoms with Crippen molar-refractivity contribution in [1.29, 1.82) is 0 Å². The van der Waals surface area contributed by atoms with Gasteiger partial charge in [0.05, 0.1) is 18.7 Å². The zero-order valence-electron chi connectivity index (χ0n) is 15.7. The molecular formula is C17H29F2N3O6.